The van der Waals surface area contributed by atoms with E-state index < -0.39 is 0 Å². The van der Waals surface area contributed by atoms with Crippen LogP contribution in [0.5, 0.6) is 5.75 Å². The molecule has 0 aromatic heterocycles. The van der Waals surface area contributed by atoms with Crippen LogP contribution in [-0.2, 0) is 0 Å². The molecule has 0 radical (unpaired) electrons. The summed E-state index contributed by atoms with van der Waals surface area (Å²) in [5.74, 6) is 0.200. The van der Waals surface area contributed by atoms with Gasteiger partial charge in [-0.3, -0.25) is 0 Å². The van der Waals surface area contributed by atoms with Gasteiger partial charge < -0.3 is 10.1 Å². The maximum atomic E-state index is 13.4. The second-order valence-electron chi connectivity index (χ2n) is 5.15. The lowest BCUT2D eigenvalue weighted by Gasteiger charge is -2.22. The Bertz CT molecular complexity index is 574. The number of hydrogen-bond acceptors (Lipinski definition) is 2. The molecule has 1 unspecified atom stereocenters. The molecule has 1 atom stereocenters. The highest BCUT2D eigenvalue weighted by molar-refractivity contribution is 9.10. The number of benzene rings is 2. The van der Waals surface area contributed by atoms with E-state index in [1.165, 1.54) is 12.1 Å². The molecule has 0 fully saturated rings. The van der Waals surface area contributed by atoms with Crippen LogP contribution in [0.2, 0.25) is 0 Å². The molecular weight excluding hydrogens is 333 g/mol. The van der Waals surface area contributed by atoms with Crippen molar-refractivity contribution in [2.24, 2.45) is 0 Å². The first-order chi connectivity index (χ1) is 10.1. The molecule has 0 saturated carbocycles. The molecule has 4 heteroatoms. The molecule has 2 rings (SSSR count). The quantitative estimate of drug-likeness (QED) is 0.813. The Morgan fingerprint density at radius 3 is 2.52 bits per heavy atom. The molecule has 2 aromatic rings. The van der Waals surface area contributed by atoms with E-state index in [0.29, 0.717) is 18.3 Å². The van der Waals surface area contributed by atoms with Crippen LogP contribution in [0, 0.1) is 5.82 Å². The zero-order valence-corrected chi connectivity index (χ0v) is 13.7. The van der Waals surface area contributed by atoms with Crippen LogP contribution in [0.15, 0.2) is 53.0 Å². The number of hydrogen-bond donors (Lipinski definition) is 1. The predicted octanol–water partition coefficient (Wildman–Crippen LogP) is 4.71. The van der Waals surface area contributed by atoms with E-state index in [0.717, 1.165) is 10.0 Å². The van der Waals surface area contributed by atoms with Gasteiger partial charge in [-0.2, -0.15) is 0 Å². The first-order valence-corrected chi connectivity index (χ1v) is 7.75. The summed E-state index contributed by atoms with van der Waals surface area (Å²) in [6.45, 7) is 4.82. The highest BCUT2D eigenvalue weighted by Crippen LogP contribution is 2.30. The number of rotatable bonds is 6. The van der Waals surface area contributed by atoms with Crippen molar-refractivity contribution in [2.45, 2.75) is 26.0 Å². The SMILES string of the molecule is CC(C)NCC(Oc1cc(F)ccc1Br)c1ccccc1. The molecule has 0 aliphatic carbocycles. The molecule has 2 nitrogen and oxygen atoms in total. The van der Waals surface area contributed by atoms with Gasteiger partial charge in [-0.25, -0.2) is 4.39 Å². The zero-order valence-electron chi connectivity index (χ0n) is 12.1. The number of halogens is 2. The van der Waals surface area contributed by atoms with Crippen molar-refractivity contribution in [3.05, 3.63) is 64.4 Å². The van der Waals surface area contributed by atoms with Crippen molar-refractivity contribution in [3.8, 4) is 5.75 Å². The van der Waals surface area contributed by atoms with Gasteiger partial charge in [0.1, 0.15) is 17.7 Å². The van der Waals surface area contributed by atoms with Crippen molar-refractivity contribution in [1.29, 1.82) is 0 Å². The first kappa shape index (κ1) is 16.0. The fourth-order valence-corrected chi connectivity index (χ4v) is 2.30. The Morgan fingerprint density at radius 1 is 1.14 bits per heavy atom. The molecule has 21 heavy (non-hydrogen) atoms. The second-order valence-corrected chi connectivity index (χ2v) is 6.01. The Kier molecular flexibility index (Phi) is 5.76. The van der Waals surface area contributed by atoms with E-state index in [9.17, 15) is 4.39 Å². The van der Waals surface area contributed by atoms with Crippen LogP contribution in [0.25, 0.3) is 0 Å². The van der Waals surface area contributed by atoms with Crippen molar-refractivity contribution in [1.82, 2.24) is 5.32 Å². The van der Waals surface area contributed by atoms with Gasteiger partial charge in [0.05, 0.1) is 4.47 Å². The Balaban J connectivity index is 2.21. The van der Waals surface area contributed by atoms with Gasteiger partial charge in [0.25, 0.3) is 0 Å². The third kappa shape index (κ3) is 4.83. The van der Waals surface area contributed by atoms with E-state index in [2.05, 4.69) is 35.1 Å². The first-order valence-electron chi connectivity index (χ1n) is 6.96. The van der Waals surface area contributed by atoms with Gasteiger partial charge in [-0.05, 0) is 33.6 Å². The topological polar surface area (TPSA) is 21.3 Å². The van der Waals surface area contributed by atoms with E-state index in [1.54, 1.807) is 6.07 Å². The van der Waals surface area contributed by atoms with E-state index in [-0.39, 0.29) is 11.9 Å². The maximum Gasteiger partial charge on any atom is 0.137 e. The lowest BCUT2D eigenvalue weighted by Crippen LogP contribution is -2.30. The van der Waals surface area contributed by atoms with Crippen molar-refractivity contribution >= 4 is 15.9 Å². The fraction of sp³-hybridized carbons (Fsp3) is 0.294. The van der Waals surface area contributed by atoms with Crippen molar-refractivity contribution in [2.75, 3.05) is 6.54 Å². The van der Waals surface area contributed by atoms with Crippen LogP contribution in [0.1, 0.15) is 25.5 Å². The second kappa shape index (κ2) is 7.57. The zero-order chi connectivity index (χ0) is 15.2. The molecule has 0 heterocycles. The largest absolute Gasteiger partial charge is 0.483 e. The van der Waals surface area contributed by atoms with Gasteiger partial charge in [-0.1, -0.05) is 44.2 Å². The third-order valence-corrected chi connectivity index (χ3v) is 3.70. The molecule has 2 aromatic carbocycles. The minimum absolute atomic E-state index is 0.174. The standard InChI is InChI=1S/C17H19BrFNO/c1-12(2)20-11-17(13-6-4-3-5-7-13)21-16-10-14(19)8-9-15(16)18/h3-10,12,17,20H,11H2,1-2H3. The van der Waals surface area contributed by atoms with Gasteiger partial charge in [0.2, 0.25) is 0 Å². The molecule has 0 spiro atoms. The lowest BCUT2D eigenvalue weighted by atomic mass is 10.1. The van der Waals surface area contributed by atoms with Gasteiger partial charge in [-0.15, -0.1) is 0 Å². The Labute approximate surface area is 133 Å². The highest BCUT2D eigenvalue weighted by Gasteiger charge is 2.15. The van der Waals surface area contributed by atoms with Crippen molar-refractivity contribution in [3.63, 3.8) is 0 Å². The summed E-state index contributed by atoms with van der Waals surface area (Å²) in [6.07, 6.45) is -0.174. The summed E-state index contributed by atoms with van der Waals surface area (Å²) in [5.41, 5.74) is 1.06. The highest BCUT2D eigenvalue weighted by atomic mass is 79.9. The summed E-state index contributed by atoms with van der Waals surface area (Å²) < 4.78 is 20.2. The molecule has 0 saturated heterocycles. The minimum atomic E-state index is -0.308. The monoisotopic (exact) mass is 351 g/mol. The van der Waals surface area contributed by atoms with Crippen LogP contribution in [0.3, 0.4) is 0 Å². The summed E-state index contributed by atoms with van der Waals surface area (Å²) in [4.78, 5) is 0. The molecule has 0 aliphatic heterocycles. The van der Waals surface area contributed by atoms with Crippen LogP contribution in [-0.4, -0.2) is 12.6 Å². The minimum Gasteiger partial charge on any atom is -0.483 e. The molecule has 1 N–H and O–H groups in total. The summed E-state index contributed by atoms with van der Waals surface area (Å²) in [5, 5.41) is 3.36. The fourth-order valence-electron chi connectivity index (χ4n) is 1.96. The molecular formula is C17H19BrFNO. The summed E-state index contributed by atoms with van der Waals surface area (Å²) in [6, 6.07) is 14.8. The van der Waals surface area contributed by atoms with Gasteiger partial charge >= 0.3 is 0 Å². The Hall–Kier alpha value is -1.39. The molecule has 0 aliphatic rings. The van der Waals surface area contributed by atoms with Crippen LogP contribution >= 0.6 is 15.9 Å². The van der Waals surface area contributed by atoms with Gasteiger partial charge in [0, 0.05) is 18.7 Å². The molecule has 0 bridgehead atoms. The van der Waals surface area contributed by atoms with Crippen molar-refractivity contribution < 1.29 is 9.13 Å². The molecule has 112 valence electrons. The number of nitrogens with one attached hydrogen (secondary N) is 1. The lowest BCUT2D eigenvalue weighted by molar-refractivity contribution is 0.196. The predicted molar refractivity (Wildman–Crippen MR) is 87.0 cm³/mol. The van der Waals surface area contributed by atoms with Gasteiger partial charge in [0.15, 0.2) is 0 Å². The van der Waals surface area contributed by atoms with E-state index in [4.69, 9.17) is 4.74 Å². The Morgan fingerprint density at radius 2 is 1.86 bits per heavy atom. The average molecular weight is 352 g/mol. The smallest absolute Gasteiger partial charge is 0.137 e. The summed E-state index contributed by atoms with van der Waals surface area (Å²) >= 11 is 3.40. The summed E-state index contributed by atoms with van der Waals surface area (Å²) in [7, 11) is 0. The van der Waals surface area contributed by atoms with E-state index in [1.807, 2.05) is 30.3 Å². The van der Waals surface area contributed by atoms with Crippen LogP contribution < -0.4 is 10.1 Å². The third-order valence-electron chi connectivity index (χ3n) is 3.05. The normalized spacial score (nSPS) is 12.4. The maximum absolute atomic E-state index is 13.4. The van der Waals surface area contributed by atoms with E-state index >= 15 is 0 Å². The average Bonchev–Trinajstić information content (AvgIpc) is 2.47. The van der Waals surface area contributed by atoms with Crippen LogP contribution in [0.4, 0.5) is 4.39 Å². The molecule has 0 amide bonds. The number of ether oxygens (including phenoxy) is 1.